The minimum absolute atomic E-state index is 0.00351. The summed E-state index contributed by atoms with van der Waals surface area (Å²) in [5, 5.41) is 17.3. The number of anilines is 4. The van der Waals surface area contributed by atoms with Crippen molar-refractivity contribution in [3.8, 4) is 5.75 Å². The van der Waals surface area contributed by atoms with Crippen molar-refractivity contribution in [3.63, 3.8) is 0 Å². The number of nitrogens with one attached hydrogen (secondary N) is 2. The molecule has 0 unspecified atom stereocenters. The fourth-order valence-electron chi connectivity index (χ4n) is 2.65. The summed E-state index contributed by atoms with van der Waals surface area (Å²) < 4.78 is 10.6. The zero-order chi connectivity index (χ0) is 18.5. The third-order valence-electron chi connectivity index (χ3n) is 3.96. The van der Waals surface area contributed by atoms with Crippen LogP contribution in [0.5, 0.6) is 5.75 Å². The molecule has 0 saturated carbocycles. The Hall–Kier alpha value is -3.14. The average molecular weight is 360 g/mol. The number of aromatic nitrogens is 2. The van der Waals surface area contributed by atoms with Crippen molar-refractivity contribution in [3.05, 3.63) is 34.4 Å². The van der Waals surface area contributed by atoms with Crippen LogP contribution in [-0.2, 0) is 4.74 Å². The maximum Gasteiger partial charge on any atom is 0.353 e. The van der Waals surface area contributed by atoms with Crippen molar-refractivity contribution in [2.75, 3.05) is 36.6 Å². The molecule has 2 aromatic rings. The van der Waals surface area contributed by atoms with E-state index in [-0.39, 0.29) is 29.4 Å². The third kappa shape index (κ3) is 4.09. The van der Waals surface area contributed by atoms with Crippen molar-refractivity contribution >= 4 is 29.0 Å². The first-order chi connectivity index (χ1) is 12.6. The van der Waals surface area contributed by atoms with E-state index in [9.17, 15) is 10.1 Å². The molecule has 1 atom stereocenters. The number of nitrogens with zero attached hydrogens (tertiary/aromatic N) is 3. The minimum Gasteiger partial charge on any atom is -0.497 e. The Morgan fingerprint density at radius 1 is 1.38 bits per heavy atom. The number of methoxy groups -OCH3 is 1. The summed E-state index contributed by atoms with van der Waals surface area (Å²) in [4.78, 5) is 18.9. The fraction of sp³-hybridized carbons (Fsp3) is 0.375. The predicted octanol–water partition coefficient (Wildman–Crippen LogP) is 2.31. The number of nitro groups is 1. The molecule has 10 heteroatoms. The lowest BCUT2D eigenvalue weighted by Gasteiger charge is -2.13. The highest BCUT2D eigenvalue weighted by Crippen LogP contribution is 2.30. The molecule has 0 aliphatic carbocycles. The normalized spacial score (nSPS) is 16.3. The Kier molecular flexibility index (Phi) is 5.32. The number of rotatable bonds is 7. The number of hydrogen-bond donors (Lipinski definition) is 3. The molecule has 0 bridgehead atoms. The quantitative estimate of drug-likeness (QED) is 0.501. The molecule has 1 aromatic carbocycles. The Bertz CT molecular complexity index is 777. The maximum atomic E-state index is 11.3. The second kappa shape index (κ2) is 7.83. The summed E-state index contributed by atoms with van der Waals surface area (Å²) in [6, 6.07) is 7.10. The molecule has 1 aliphatic heterocycles. The second-order valence-electron chi connectivity index (χ2n) is 5.76. The van der Waals surface area contributed by atoms with Crippen molar-refractivity contribution in [1.29, 1.82) is 0 Å². The Morgan fingerprint density at radius 2 is 2.15 bits per heavy atom. The van der Waals surface area contributed by atoms with Crippen LogP contribution in [-0.4, -0.2) is 41.3 Å². The van der Waals surface area contributed by atoms with Crippen LogP contribution >= 0.6 is 0 Å². The van der Waals surface area contributed by atoms with Crippen LogP contribution in [0.15, 0.2) is 24.3 Å². The van der Waals surface area contributed by atoms with E-state index in [0.29, 0.717) is 24.6 Å². The largest absolute Gasteiger partial charge is 0.497 e. The van der Waals surface area contributed by atoms with Gasteiger partial charge in [0.05, 0.1) is 18.1 Å². The SMILES string of the molecule is COc1ccc(Nc2nc(N)c([N+](=O)[O-])c(NC[C@@H]3CCCO3)n2)cc1. The van der Waals surface area contributed by atoms with Crippen LogP contribution < -0.4 is 21.1 Å². The van der Waals surface area contributed by atoms with Crippen LogP contribution in [0.1, 0.15) is 12.8 Å². The van der Waals surface area contributed by atoms with Crippen molar-refractivity contribution < 1.29 is 14.4 Å². The van der Waals surface area contributed by atoms with E-state index in [2.05, 4.69) is 20.6 Å². The summed E-state index contributed by atoms with van der Waals surface area (Å²) in [6.45, 7) is 1.11. The molecule has 0 radical (unpaired) electrons. The lowest BCUT2D eigenvalue weighted by Crippen LogP contribution is -2.20. The molecular formula is C16H20N6O4. The first kappa shape index (κ1) is 17.7. The van der Waals surface area contributed by atoms with Gasteiger partial charge in [0, 0.05) is 18.8 Å². The molecule has 0 amide bonds. The van der Waals surface area contributed by atoms with Gasteiger partial charge < -0.3 is 25.8 Å². The molecule has 0 spiro atoms. The van der Waals surface area contributed by atoms with E-state index in [1.807, 2.05) is 0 Å². The van der Waals surface area contributed by atoms with Gasteiger partial charge in [0.1, 0.15) is 5.75 Å². The van der Waals surface area contributed by atoms with Gasteiger partial charge in [0.2, 0.25) is 17.6 Å². The lowest BCUT2D eigenvalue weighted by atomic mass is 10.2. The van der Waals surface area contributed by atoms with Gasteiger partial charge >= 0.3 is 5.69 Å². The van der Waals surface area contributed by atoms with Gasteiger partial charge in [-0.15, -0.1) is 0 Å². The highest BCUT2D eigenvalue weighted by atomic mass is 16.6. The highest BCUT2D eigenvalue weighted by molar-refractivity contribution is 5.71. The monoisotopic (exact) mass is 360 g/mol. The van der Waals surface area contributed by atoms with Gasteiger partial charge in [-0.25, -0.2) is 0 Å². The van der Waals surface area contributed by atoms with Gasteiger partial charge in [0.15, 0.2) is 0 Å². The number of benzene rings is 1. The lowest BCUT2D eigenvalue weighted by molar-refractivity contribution is -0.383. The van der Waals surface area contributed by atoms with Crippen molar-refractivity contribution in [1.82, 2.24) is 9.97 Å². The zero-order valence-corrected chi connectivity index (χ0v) is 14.3. The molecule has 1 saturated heterocycles. The molecule has 3 rings (SSSR count). The van der Waals surface area contributed by atoms with Gasteiger partial charge in [-0.1, -0.05) is 0 Å². The smallest absolute Gasteiger partial charge is 0.353 e. The molecule has 2 heterocycles. The maximum absolute atomic E-state index is 11.3. The highest BCUT2D eigenvalue weighted by Gasteiger charge is 2.24. The zero-order valence-electron chi connectivity index (χ0n) is 14.3. The summed E-state index contributed by atoms with van der Waals surface area (Å²) >= 11 is 0. The standard InChI is InChI=1S/C16H20N6O4/c1-25-11-6-4-10(5-7-11)19-16-20-14(17)13(22(23)24)15(21-16)18-9-12-3-2-8-26-12/h4-7,12H,2-3,8-9H2,1H3,(H4,17,18,19,20,21)/t12-/m0/s1. The first-order valence-corrected chi connectivity index (χ1v) is 8.15. The van der Waals surface area contributed by atoms with E-state index in [1.54, 1.807) is 31.4 Å². The summed E-state index contributed by atoms with van der Waals surface area (Å²) in [5.41, 5.74) is 6.14. The van der Waals surface area contributed by atoms with Gasteiger partial charge in [-0.3, -0.25) is 10.1 Å². The second-order valence-corrected chi connectivity index (χ2v) is 5.76. The third-order valence-corrected chi connectivity index (χ3v) is 3.96. The molecule has 138 valence electrons. The van der Waals surface area contributed by atoms with E-state index < -0.39 is 4.92 Å². The van der Waals surface area contributed by atoms with E-state index in [4.69, 9.17) is 15.2 Å². The number of nitrogens with two attached hydrogens (primary N) is 1. The van der Waals surface area contributed by atoms with E-state index in [1.165, 1.54) is 0 Å². The molecular weight excluding hydrogens is 340 g/mol. The molecule has 1 aliphatic rings. The molecule has 1 fully saturated rings. The number of ether oxygens (including phenoxy) is 2. The Balaban J connectivity index is 1.81. The minimum atomic E-state index is -0.593. The van der Waals surface area contributed by atoms with Crippen molar-refractivity contribution in [2.45, 2.75) is 18.9 Å². The van der Waals surface area contributed by atoms with Gasteiger partial charge in [-0.2, -0.15) is 9.97 Å². The topological polar surface area (TPSA) is 137 Å². The Labute approximate surface area is 149 Å². The van der Waals surface area contributed by atoms with Crippen molar-refractivity contribution in [2.24, 2.45) is 0 Å². The first-order valence-electron chi connectivity index (χ1n) is 8.15. The summed E-state index contributed by atoms with van der Waals surface area (Å²) in [6.07, 6.45) is 1.88. The average Bonchev–Trinajstić information content (AvgIpc) is 3.13. The number of hydrogen-bond acceptors (Lipinski definition) is 9. The van der Waals surface area contributed by atoms with E-state index >= 15 is 0 Å². The van der Waals surface area contributed by atoms with Crippen LogP contribution in [0.25, 0.3) is 0 Å². The van der Waals surface area contributed by atoms with Gasteiger partial charge in [0.25, 0.3) is 0 Å². The summed E-state index contributed by atoms with van der Waals surface area (Å²) in [5.74, 6) is 0.719. The molecule has 10 nitrogen and oxygen atoms in total. The van der Waals surface area contributed by atoms with Crippen LogP contribution in [0, 0.1) is 10.1 Å². The number of nitrogen functional groups attached to an aromatic ring is 1. The van der Waals surface area contributed by atoms with Crippen LogP contribution in [0.2, 0.25) is 0 Å². The summed E-state index contributed by atoms with van der Waals surface area (Å²) in [7, 11) is 1.58. The fourth-order valence-corrected chi connectivity index (χ4v) is 2.65. The van der Waals surface area contributed by atoms with Crippen LogP contribution in [0.3, 0.4) is 0 Å². The molecule has 1 aromatic heterocycles. The Morgan fingerprint density at radius 3 is 2.77 bits per heavy atom. The predicted molar refractivity (Wildman–Crippen MR) is 96.8 cm³/mol. The molecule has 4 N–H and O–H groups in total. The van der Waals surface area contributed by atoms with Crippen LogP contribution in [0.4, 0.5) is 29.0 Å². The van der Waals surface area contributed by atoms with E-state index in [0.717, 1.165) is 12.8 Å². The molecule has 26 heavy (non-hydrogen) atoms. The van der Waals surface area contributed by atoms with Gasteiger partial charge in [-0.05, 0) is 37.1 Å².